The number of rotatable bonds is 7. The standard InChI is InChI=1S/C24H25N3O3/c1-17(2)14-25-23(28)24(29)27-26-15-18-10-12-21(13-11-18)30-16-20-8-5-7-19-6-3-4-9-22(19)20/h3-13,15,17H,14,16H2,1-2H3,(H,25,28)(H,27,29)/b26-15-. The first-order chi connectivity index (χ1) is 14.5. The van der Waals surface area contributed by atoms with Crippen LogP contribution in [0.25, 0.3) is 10.8 Å². The number of benzene rings is 3. The van der Waals surface area contributed by atoms with E-state index in [0.717, 1.165) is 16.9 Å². The largest absolute Gasteiger partial charge is 0.489 e. The molecule has 0 aliphatic rings. The minimum atomic E-state index is -0.790. The Morgan fingerprint density at radius 3 is 2.47 bits per heavy atom. The van der Waals surface area contributed by atoms with E-state index in [1.54, 1.807) is 0 Å². The van der Waals surface area contributed by atoms with Crippen LogP contribution in [0.1, 0.15) is 25.0 Å². The molecule has 154 valence electrons. The lowest BCUT2D eigenvalue weighted by Gasteiger charge is -2.09. The number of nitrogens with zero attached hydrogens (tertiary/aromatic N) is 1. The van der Waals surface area contributed by atoms with Gasteiger partial charge in [0.05, 0.1) is 6.21 Å². The van der Waals surface area contributed by atoms with Gasteiger partial charge in [-0.3, -0.25) is 9.59 Å². The van der Waals surface area contributed by atoms with Gasteiger partial charge < -0.3 is 10.1 Å². The third-order valence-corrected chi connectivity index (χ3v) is 4.41. The molecule has 3 rings (SSSR count). The van der Waals surface area contributed by atoms with Crippen LogP contribution in [0.2, 0.25) is 0 Å². The number of carbonyl (C=O) groups excluding carboxylic acids is 2. The number of hydrazone groups is 1. The average molecular weight is 403 g/mol. The van der Waals surface area contributed by atoms with Crippen molar-refractivity contribution in [3.8, 4) is 5.75 Å². The Labute approximate surface area is 175 Å². The molecule has 2 N–H and O–H groups in total. The van der Waals surface area contributed by atoms with E-state index in [4.69, 9.17) is 4.74 Å². The second-order valence-electron chi connectivity index (χ2n) is 7.30. The summed E-state index contributed by atoms with van der Waals surface area (Å²) >= 11 is 0. The van der Waals surface area contributed by atoms with Gasteiger partial charge in [0, 0.05) is 6.54 Å². The van der Waals surface area contributed by atoms with Crippen molar-refractivity contribution in [1.82, 2.24) is 10.7 Å². The van der Waals surface area contributed by atoms with Crippen molar-refractivity contribution in [2.75, 3.05) is 6.54 Å². The molecule has 6 heteroatoms. The van der Waals surface area contributed by atoms with Crippen molar-refractivity contribution in [3.05, 3.63) is 77.9 Å². The van der Waals surface area contributed by atoms with E-state index in [2.05, 4.69) is 40.1 Å². The highest BCUT2D eigenvalue weighted by atomic mass is 16.5. The van der Waals surface area contributed by atoms with Gasteiger partial charge in [-0.15, -0.1) is 0 Å². The minimum Gasteiger partial charge on any atom is -0.489 e. The van der Waals surface area contributed by atoms with E-state index < -0.39 is 11.8 Å². The summed E-state index contributed by atoms with van der Waals surface area (Å²) in [6.45, 7) is 4.81. The molecule has 0 aliphatic carbocycles. The van der Waals surface area contributed by atoms with Gasteiger partial charge in [-0.2, -0.15) is 5.10 Å². The van der Waals surface area contributed by atoms with Crippen LogP contribution in [0, 0.1) is 5.92 Å². The molecule has 0 saturated carbocycles. The van der Waals surface area contributed by atoms with Crippen molar-refractivity contribution in [1.29, 1.82) is 0 Å². The highest BCUT2D eigenvalue weighted by Gasteiger charge is 2.12. The number of carbonyl (C=O) groups is 2. The monoisotopic (exact) mass is 403 g/mol. The van der Waals surface area contributed by atoms with Crippen LogP contribution in [0.3, 0.4) is 0 Å². The molecule has 0 heterocycles. The zero-order chi connectivity index (χ0) is 21.3. The van der Waals surface area contributed by atoms with Gasteiger partial charge in [0.1, 0.15) is 12.4 Å². The number of nitrogens with one attached hydrogen (secondary N) is 2. The first-order valence-electron chi connectivity index (χ1n) is 9.83. The highest BCUT2D eigenvalue weighted by molar-refractivity contribution is 6.35. The van der Waals surface area contributed by atoms with E-state index in [9.17, 15) is 9.59 Å². The number of ether oxygens (including phenoxy) is 1. The lowest BCUT2D eigenvalue weighted by atomic mass is 10.1. The molecular weight excluding hydrogens is 378 g/mol. The molecule has 2 amide bonds. The maximum Gasteiger partial charge on any atom is 0.329 e. The topological polar surface area (TPSA) is 79.8 Å². The summed E-state index contributed by atoms with van der Waals surface area (Å²) in [6.07, 6.45) is 1.47. The molecule has 0 aromatic heterocycles. The Bertz CT molecular complexity index is 1040. The Hall–Kier alpha value is -3.67. The predicted octanol–water partition coefficient (Wildman–Crippen LogP) is 3.64. The molecule has 0 bridgehead atoms. The lowest BCUT2D eigenvalue weighted by Crippen LogP contribution is -2.39. The number of hydrogen-bond donors (Lipinski definition) is 2. The Morgan fingerprint density at radius 2 is 1.70 bits per heavy atom. The molecule has 0 atom stereocenters. The molecule has 30 heavy (non-hydrogen) atoms. The Balaban J connectivity index is 1.52. The molecule has 0 spiro atoms. The number of fused-ring (bicyclic) bond motifs is 1. The number of amides is 2. The fourth-order valence-electron chi connectivity index (χ4n) is 2.82. The second kappa shape index (κ2) is 10.2. The molecule has 0 radical (unpaired) electrons. The zero-order valence-corrected chi connectivity index (χ0v) is 17.1. The SMILES string of the molecule is CC(C)CNC(=O)C(=O)N/N=C\c1ccc(OCc2cccc3ccccc23)cc1. The van der Waals surface area contributed by atoms with E-state index in [1.807, 2.05) is 56.3 Å². The average Bonchev–Trinajstić information content (AvgIpc) is 2.76. The van der Waals surface area contributed by atoms with Crippen molar-refractivity contribution >= 4 is 28.8 Å². The summed E-state index contributed by atoms with van der Waals surface area (Å²) in [5.74, 6) is -0.483. The number of hydrogen-bond acceptors (Lipinski definition) is 4. The maximum absolute atomic E-state index is 11.7. The van der Waals surface area contributed by atoms with E-state index in [1.165, 1.54) is 17.0 Å². The van der Waals surface area contributed by atoms with Crippen LogP contribution >= 0.6 is 0 Å². The van der Waals surface area contributed by atoms with Gasteiger partial charge >= 0.3 is 11.8 Å². The zero-order valence-electron chi connectivity index (χ0n) is 17.1. The summed E-state index contributed by atoms with van der Waals surface area (Å²) < 4.78 is 5.91. The molecule has 0 fully saturated rings. The first-order valence-corrected chi connectivity index (χ1v) is 9.83. The fraction of sp³-hybridized carbons (Fsp3) is 0.208. The van der Waals surface area contributed by atoms with Crippen LogP contribution in [0.4, 0.5) is 0 Å². The van der Waals surface area contributed by atoms with Gasteiger partial charge in [-0.25, -0.2) is 5.43 Å². The van der Waals surface area contributed by atoms with Gasteiger partial charge in [-0.05, 0) is 52.1 Å². The molecular formula is C24H25N3O3. The molecule has 0 aliphatic heterocycles. The van der Waals surface area contributed by atoms with E-state index in [0.29, 0.717) is 13.2 Å². The Kier molecular flexibility index (Phi) is 7.16. The van der Waals surface area contributed by atoms with Crippen LogP contribution in [-0.2, 0) is 16.2 Å². The maximum atomic E-state index is 11.7. The summed E-state index contributed by atoms with van der Waals surface area (Å²) in [5, 5.41) is 8.72. The van der Waals surface area contributed by atoms with Gasteiger partial charge in [0.25, 0.3) is 0 Å². The minimum absolute atomic E-state index is 0.270. The van der Waals surface area contributed by atoms with Crippen molar-refractivity contribution < 1.29 is 14.3 Å². The van der Waals surface area contributed by atoms with Crippen molar-refractivity contribution in [3.63, 3.8) is 0 Å². The van der Waals surface area contributed by atoms with Gasteiger partial charge in [0.15, 0.2) is 0 Å². The third-order valence-electron chi connectivity index (χ3n) is 4.41. The van der Waals surface area contributed by atoms with Crippen molar-refractivity contribution in [2.45, 2.75) is 20.5 Å². The molecule has 3 aromatic carbocycles. The lowest BCUT2D eigenvalue weighted by molar-refractivity contribution is -0.139. The van der Waals surface area contributed by atoms with Gasteiger partial charge in [-0.1, -0.05) is 56.3 Å². The summed E-state index contributed by atoms with van der Waals surface area (Å²) in [4.78, 5) is 23.2. The van der Waals surface area contributed by atoms with Crippen LogP contribution in [-0.4, -0.2) is 24.6 Å². The fourth-order valence-corrected chi connectivity index (χ4v) is 2.82. The van der Waals surface area contributed by atoms with Crippen LogP contribution < -0.4 is 15.5 Å². The van der Waals surface area contributed by atoms with E-state index >= 15 is 0 Å². The first kappa shape index (κ1) is 21.0. The molecule has 0 unspecified atom stereocenters. The molecule has 0 saturated heterocycles. The summed E-state index contributed by atoms with van der Waals surface area (Å²) in [5.41, 5.74) is 4.12. The Morgan fingerprint density at radius 1 is 0.967 bits per heavy atom. The smallest absolute Gasteiger partial charge is 0.329 e. The highest BCUT2D eigenvalue weighted by Crippen LogP contribution is 2.20. The third kappa shape index (κ3) is 5.91. The van der Waals surface area contributed by atoms with Gasteiger partial charge in [0.2, 0.25) is 0 Å². The van der Waals surface area contributed by atoms with Crippen molar-refractivity contribution in [2.24, 2.45) is 11.0 Å². The molecule has 3 aromatic rings. The quantitative estimate of drug-likeness (QED) is 0.359. The van der Waals surface area contributed by atoms with E-state index in [-0.39, 0.29) is 5.92 Å². The molecule has 6 nitrogen and oxygen atoms in total. The second-order valence-corrected chi connectivity index (χ2v) is 7.30. The van der Waals surface area contributed by atoms with Crippen LogP contribution in [0.15, 0.2) is 71.8 Å². The summed E-state index contributed by atoms with van der Waals surface area (Å²) in [7, 11) is 0. The van der Waals surface area contributed by atoms with Crippen LogP contribution in [0.5, 0.6) is 5.75 Å². The summed E-state index contributed by atoms with van der Waals surface area (Å²) in [6, 6.07) is 21.7. The predicted molar refractivity (Wildman–Crippen MR) is 118 cm³/mol. The normalized spacial score (nSPS) is 11.0.